The van der Waals surface area contributed by atoms with Crippen LogP contribution in [-0.4, -0.2) is 5.78 Å². The standard InChI is InChI=1S/C13H15ClO2/c14-13-4-3-12(16-13)11(15)7-10-6-8-1-2-9(10)5-8/h3-4,8-10H,1-2,5-7H2. The topological polar surface area (TPSA) is 30.2 Å². The van der Waals surface area contributed by atoms with Crippen molar-refractivity contribution in [3.8, 4) is 0 Å². The highest BCUT2D eigenvalue weighted by atomic mass is 35.5. The van der Waals surface area contributed by atoms with Gasteiger partial charge in [-0.3, -0.25) is 4.79 Å². The van der Waals surface area contributed by atoms with Crippen molar-refractivity contribution in [3.05, 3.63) is 23.1 Å². The van der Waals surface area contributed by atoms with E-state index in [-0.39, 0.29) is 5.78 Å². The van der Waals surface area contributed by atoms with E-state index in [1.807, 2.05) is 0 Å². The Kier molecular flexibility index (Phi) is 2.55. The first-order valence-electron chi connectivity index (χ1n) is 6.01. The minimum atomic E-state index is 0.115. The van der Waals surface area contributed by atoms with Crippen molar-refractivity contribution in [2.45, 2.75) is 32.1 Å². The molecule has 86 valence electrons. The van der Waals surface area contributed by atoms with Crippen molar-refractivity contribution >= 4 is 17.4 Å². The Morgan fingerprint density at radius 2 is 2.25 bits per heavy atom. The zero-order valence-electron chi connectivity index (χ0n) is 9.12. The fourth-order valence-electron chi connectivity index (χ4n) is 3.43. The van der Waals surface area contributed by atoms with Gasteiger partial charge in [-0.1, -0.05) is 6.42 Å². The van der Waals surface area contributed by atoms with Gasteiger partial charge in [-0.2, -0.15) is 0 Å². The zero-order chi connectivity index (χ0) is 11.1. The lowest BCUT2D eigenvalue weighted by molar-refractivity contribution is 0.0917. The van der Waals surface area contributed by atoms with E-state index >= 15 is 0 Å². The Balaban J connectivity index is 1.65. The number of fused-ring (bicyclic) bond motifs is 2. The number of ketones is 1. The molecular formula is C13H15ClO2. The normalized spacial score (nSPS) is 32.2. The summed E-state index contributed by atoms with van der Waals surface area (Å²) in [5, 5.41) is 0.302. The van der Waals surface area contributed by atoms with E-state index in [9.17, 15) is 4.79 Å². The number of rotatable bonds is 3. The van der Waals surface area contributed by atoms with Crippen LogP contribution in [0.5, 0.6) is 0 Å². The molecule has 0 aromatic carbocycles. The second kappa shape index (κ2) is 3.92. The average molecular weight is 239 g/mol. The zero-order valence-corrected chi connectivity index (χ0v) is 9.87. The maximum atomic E-state index is 11.9. The van der Waals surface area contributed by atoms with Crippen LogP contribution in [0.25, 0.3) is 0 Å². The Labute approximate surface area is 100.0 Å². The van der Waals surface area contributed by atoms with E-state index in [0.717, 1.165) is 11.8 Å². The third-order valence-corrected chi connectivity index (χ3v) is 4.38. The minimum Gasteiger partial charge on any atom is -0.442 e. The molecule has 3 rings (SSSR count). The summed E-state index contributed by atoms with van der Waals surface area (Å²) in [4.78, 5) is 11.9. The molecule has 2 bridgehead atoms. The third kappa shape index (κ3) is 1.80. The van der Waals surface area contributed by atoms with Crippen molar-refractivity contribution in [3.63, 3.8) is 0 Å². The number of furan rings is 1. The molecule has 2 saturated carbocycles. The van der Waals surface area contributed by atoms with Gasteiger partial charge in [-0.15, -0.1) is 0 Å². The number of carbonyl (C=O) groups is 1. The molecule has 3 heteroatoms. The first kappa shape index (κ1) is 10.4. The first-order valence-corrected chi connectivity index (χ1v) is 6.38. The molecule has 3 unspecified atom stereocenters. The SMILES string of the molecule is O=C(CC1CC2CCC1C2)c1ccc(Cl)o1. The summed E-state index contributed by atoms with van der Waals surface area (Å²) >= 11 is 5.67. The van der Waals surface area contributed by atoms with Crippen LogP contribution in [0.2, 0.25) is 5.22 Å². The van der Waals surface area contributed by atoms with Crippen LogP contribution in [0, 0.1) is 17.8 Å². The van der Waals surface area contributed by atoms with E-state index in [2.05, 4.69) is 0 Å². The summed E-state index contributed by atoms with van der Waals surface area (Å²) in [7, 11) is 0. The third-order valence-electron chi connectivity index (χ3n) is 4.18. The van der Waals surface area contributed by atoms with E-state index in [4.69, 9.17) is 16.0 Å². The summed E-state index contributed by atoms with van der Waals surface area (Å²) in [6.07, 6.45) is 5.93. The van der Waals surface area contributed by atoms with Gasteiger partial charge in [0.15, 0.2) is 16.8 Å². The Morgan fingerprint density at radius 3 is 2.81 bits per heavy atom. The summed E-state index contributed by atoms with van der Waals surface area (Å²) in [5.74, 6) is 2.81. The van der Waals surface area contributed by atoms with Gasteiger partial charge in [0.05, 0.1) is 0 Å². The van der Waals surface area contributed by atoms with Crippen molar-refractivity contribution in [2.75, 3.05) is 0 Å². The smallest absolute Gasteiger partial charge is 0.198 e. The summed E-state index contributed by atoms with van der Waals surface area (Å²) in [6, 6.07) is 3.31. The van der Waals surface area contributed by atoms with E-state index in [1.54, 1.807) is 12.1 Å². The lowest BCUT2D eigenvalue weighted by Crippen LogP contribution is -2.14. The Bertz CT molecular complexity index is 410. The Morgan fingerprint density at radius 1 is 1.38 bits per heavy atom. The second-order valence-electron chi connectivity index (χ2n) is 5.17. The molecule has 1 heterocycles. The number of Topliss-reactive ketones (excluding diaryl/α,β-unsaturated/α-hetero) is 1. The minimum absolute atomic E-state index is 0.115. The van der Waals surface area contributed by atoms with Gasteiger partial charge < -0.3 is 4.42 Å². The predicted molar refractivity (Wildman–Crippen MR) is 61.6 cm³/mol. The molecule has 2 aliphatic carbocycles. The number of carbonyl (C=O) groups excluding carboxylic acids is 1. The first-order chi connectivity index (χ1) is 7.72. The summed E-state index contributed by atoms with van der Waals surface area (Å²) in [5.41, 5.74) is 0. The van der Waals surface area contributed by atoms with Crippen molar-refractivity contribution in [1.29, 1.82) is 0 Å². The van der Waals surface area contributed by atoms with Crippen LogP contribution >= 0.6 is 11.6 Å². The second-order valence-corrected chi connectivity index (χ2v) is 5.54. The summed E-state index contributed by atoms with van der Waals surface area (Å²) < 4.78 is 5.15. The molecule has 1 aromatic heterocycles. The molecule has 1 aromatic rings. The molecule has 2 aliphatic rings. The molecule has 0 N–H and O–H groups in total. The van der Waals surface area contributed by atoms with E-state index in [1.165, 1.54) is 25.7 Å². The van der Waals surface area contributed by atoms with Gasteiger partial charge in [0, 0.05) is 6.42 Å². The molecular weight excluding hydrogens is 224 g/mol. The number of hydrogen-bond acceptors (Lipinski definition) is 2. The molecule has 0 aliphatic heterocycles. The van der Waals surface area contributed by atoms with Crippen LogP contribution in [0.1, 0.15) is 42.7 Å². The number of hydrogen-bond donors (Lipinski definition) is 0. The predicted octanol–water partition coefficient (Wildman–Crippen LogP) is 3.94. The van der Waals surface area contributed by atoms with Crippen LogP contribution < -0.4 is 0 Å². The van der Waals surface area contributed by atoms with Gasteiger partial charge in [0.25, 0.3) is 0 Å². The van der Waals surface area contributed by atoms with Gasteiger partial charge in [-0.05, 0) is 60.7 Å². The molecule has 2 nitrogen and oxygen atoms in total. The Hall–Kier alpha value is -0.760. The summed E-state index contributed by atoms with van der Waals surface area (Å²) in [6.45, 7) is 0. The van der Waals surface area contributed by atoms with Gasteiger partial charge in [0.1, 0.15) is 0 Å². The molecule has 0 saturated heterocycles. The van der Waals surface area contributed by atoms with Crippen molar-refractivity contribution < 1.29 is 9.21 Å². The highest BCUT2D eigenvalue weighted by Crippen LogP contribution is 2.49. The van der Waals surface area contributed by atoms with Gasteiger partial charge >= 0.3 is 0 Å². The quantitative estimate of drug-likeness (QED) is 0.747. The largest absolute Gasteiger partial charge is 0.442 e. The van der Waals surface area contributed by atoms with Crippen LogP contribution in [0.3, 0.4) is 0 Å². The lowest BCUT2D eigenvalue weighted by atomic mass is 9.85. The van der Waals surface area contributed by atoms with Crippen LogP contribution in [-0.2, 0) is 0 Å². The fourth-order valence-corrected chi connectivity index (χ4v) is 3.58. The van der Waals surface area contributed by atoms with Crippen LogP contribution in [0.15, 0.2) is 16.5 Å². The highest BCUT2D eigenvalue weighted by molar-refractivity contribution is 6.29. The van der Waals surface area contributed by atoms with E-state index in [0.29, 0.717) is 23.3 Å². The molecule has 0 spiro atoms. The number of halogens is 1. The fraction of sp³-hybridized carbons (Fsp3) is 0.615. The van der Waals surface area contributed by atoms with Gasteiger partial charge in [0.2, 0.25) is 0 Å². The molecule has 2 fully saturated rings. The monoisotopic (exact) mass is 238 g/mol. The average Bonchev–Trinajstić information content (AvgIpc) is 2.92. The highest BCUT2D eigenvalue weighted by Gasteiger charge is 2.40. The van der Waals surface area contributed by atoms with Gasteiger partial charge in [-0.25, -0.2) is 0 Å². The van der Waals surface area contributed by atoms with Crippen molar-refractivity contribution in [1.82, 2.24) is 0 Å². The molecule has 16 heavy (non-hydrogen) atoms. The molecule has 0 amide bonds. The lowest BCUT2D eigenvalue weighted by Gasteiger charge is -2.20. The molecule has 3 atom stereocenters. The van der Waals surface area contributed by atoms with E-state index < -0.39 is 0 Å². The van der Waals surface area contributed by atoms with Crippen LogP contribution in [0.4, 0.5) is 0 Å². The van der Waals surface area contributed by atoms with Crippen molar-refractivity contribution in [2.24, 2.45) is 17.8 Å². The maximum Gasteiger partial charge on any atom is 0.198 e. The maximum absolute atomic E-state index is 11.9. The molecule has 0 radical (unpaired) electrons.